The van der Waals surface area contributed by atoms with Crippen LogP contribution < -0.4 is 5.32 Å². The first-order valence-corrected chi connectivity index (χ1v) is 12.1. The molecular formula is C28H30N4O. The monoisotopic (exact) mass is 438 g/mol. The Labute approximate surface area is 195 Å². The lowest BCUT2D eigenvalue weighted by molar-refractivity contribution is 0.0842. The minimum atomic E-state index is -0.148. The number of nitriles is 1. The van der Waals surface area contributed by atoms with Crippen LogP contribution in [0.1, 0.15) is 65.6 Å². The number of pyridine rings is 1. The fraction of sp³-hybridized carbons (Fsp3) is 0.393. The van der Waals surface area contributed by atoms with Crippen molar-refractivity contribution in [3.63, 3.8) is 0 Å². The molecule has 0 radical (unpaired) electrons. The van der Waals surface area contributed by atoms with E-state index in [9.17, 15) is 4.79 Å². The van der Waals surface area contributed by atoms with Gasteiger partial charge in [-0.05, 0) is 67.1 Å². The number of carbonyl (C=O) groups excluding carboxylic acids is 1. The fourth-order valence-electron chi connectivity index (χ4n) is 5.52. The molecule has 1 aliphatic heterocycles. The average Bonchev–Trinajstić information content (AvgIpc) is 2.87. The van der Waals surface area contributed by atoms with Crippen LogP contribution >= 0.6 is 0 Å². The van der Waals surface area contributed by atoms with E-state index >= 15 is 0 Å². The first kappa shape index (κ1) is 21.6. The van der Waals surface area contributed by atoms with E-state index in [1.54, 1.807) is 6.20 Å². The van der Waals surface area contributed by atoms with Gasteiger partial charge >= 0.3 is 0 Å². The molecule has 5 rings (SSSR count). The molecule has 1 saturated carbocycles. The zero-order valence-corrected chi connectivity index (χ0v) is 19.0. The Morgan fingerprint density at radius 1 is 1.09 bits per heavy atom. The van der Waals surface area contributed by atoms with Gasteiger partial charge in [-0.3, -0.25) is 14.7 Å². The molecule has 0 spiro atoms. The summed E-state index contributed by atoms with van der Waals surface area (Å²) < 4.78 is 0. The molecule has 5 nitrogen and oxygen atoms in total. The van der Waals surface area contributed by atoms with E-state index in [-0.39, 0.29) is 11.4 Å². The van der Waals surface area contributed by atoms with Crippen molar-refractivity contribution in [3.8, 4) is 6.07 Å². The molecule has 5 heteroatoms. The fourth-order valence-corrected chi connectivity index (χ4v) is 5.52. The van der Waals surface area contributed by atoms with Crippen LogP contribution in [0.5, 0.6) is 0 Å². The Bertz CT molecular complexity index is 1200. The van der Waals surface area contributed by atoms with Gasteiger partial charge in [0.15, 0.2) is 0 Å². The van der Waals surface area contributed by atoms with E-state index in [0.29, 0.717) is 5.56 Å². The third kappa shape index (κ3) is 4.62. The van der Waals surface area contributed by atoms with Gasteiger partial charge < -0.3 is 5.32 Å². The number of benzene rings is 2. The number of aromatic nitrogens is 1. The summed E-state index contributed by atoms with van der Waals surface area (Å²) in [5, 5.41) is 13.6. The van der Waals surface area contributed by atoms with Crippen molar-refractivity contribution in [2.45, 2.75) is 57.0 Å². The Morgan fingerprint density at radius 2 is 1.97 bits per heavy atom. The molecule has 0 saturated heterocycles. The van der Waals surface area contributed by atoms with Gasteiger partial charge in [0.1, 0.15) is 0 Å². The smallest absolute Gasteiger partial charge is 0.252 e. The van der Waals surface area contributed by atoms with Gasteiger partial charge in [-0.15, -0.1) is 0 Å². The first-order valence-electron chi connectivity index (χ1n) is 12.1. The molecular weight excluding hydrogens is 408 g/mol. The van der Waals surface area contributed by atoms with Crippen molar-refractivity contribution < 1.29 is 4.79 Å². The normalized spacial score (nSPS) is 17.8. The summed E-state index contributed by atoms with van der Waals surface area (Å²) in [6.45, 7) is 2.89. The summed E-state index contributed by atoms with van der Waals surface area (Å²) in [4.78, 5) is 20.3. The molecule has 1 aromatic heterocycles. The number of carbonyl (C=O) groups is 1. The van der Waals surface area contributed by atoms with Gasteiger partial charge in [0.25, 0.3) is 5.91 Å². The SMILES string of the molecule is N#Cc1ccc2c(c1)CCN(CCC1(NC(=O)c3cccc4ncccc34)CCCCC1)C2. The molecule has 1 N–H and O–H groups in total. The summed E-state index contributed by atoms with van der Waals surface area (Å²) in [7, 11) is 0. The lowest BCUT2D eigenvalue weighted by atomic mass is 9.78. The molecule has 168 valence electrons. The Morgan fingerprint density at radius 3 is 2.82 bits per heavy atom. The van der Waals surface area contributed by atoms with Crippen LogP contribution in [0, 0.1) is 11.3 Å². The summed E-state index contributed by atoms with van der Waals surface area (Å²) in [6, 6.07) is 18.0. The topological polar surface area (TPSA) is 69.0 Å². The van der Waals surface area contributed by atoms with Crippen molar-refractivity contribution in [2.75, 3.05) is 13.1 Å². The molecule has 2 heterocycles. The summed E-state index contributed by atoms with van der Waals surface area (Å²) >= 11 is 0. The van der Waals surface area contributed by atoms with Gasteiger partial charge in [0.2, 0.25) is 0 Å². The maximum Gasteiger partial charge on any atom is 0.252 e. The number of rotatable bonds is 5. The van der Waals surface area contributed by atoms with Crippen molar-refractivity contribution >= 4 is 16.8 Å². The minimum Gasteiger partial charge on any atom is -0.347 e. The molecule has 3 aromatic rings. The standard InChI is InChI=1S/C28H30N4O/c29-19-21-9-10-23-20-32(16-11-22(23)18-21)17-14-28(12-2-1-3-13-28)31-27(33)25-6-4-8-26-24(25)7-5-15-30-26/h4-10,15,18H,1-3,11-14,16-17,20H2,(H,31,33). The highest BCUT2D eigenvalue weighted by atomic mass is 16.1. The van der Waals surface area contributed by atoms with E-state index in [2.05, 4.69) is 27.3 Å². The van der Waals surface area contributed by atoms with Crippen molar-refractivity contribution in [1.82, 2.24) is 15.2 Å². The lowest BCUT2D eigenvalue weighted by Gasteiger charge is -2.40. The van der Waals surface area contributed by atoms with Gasteiger partial charge in [0, 0.05) is 42.3 Å². The molecule has 0 bridgehead atoms. The lowest BCUT2D eigenvalue weighted by Crippen LogP contribution is -2.51. The molecule has 0 atom stereocenters. The van der Waals surface area contributed by atoms with E-state index in [4.69, 9.17) is 5.26 Å². The maximum absolute atomic E-state index is 13.4. The van der Waals surface area contributed by atoms with Gasteiger partial charge in [-0.2, -0.15) is 5.26 Å². The predicted molar refractivity (Wildman–Crippen MR) is 130 cm³/mol. The van der Waals surface area contributed by atoms with Crippen LogP contribution in [0.3, 0.4) is 0 Å². The van der Waals surface area contributed by atoms with Gasteiger partial charge in [0.05, 0.1) is 17.1 Å². The number of hydrogen-bond donors (Lipinski definition) is 1. The predicted octanol–water partition coefficient (Wildman–Crippen LogP) is 4.99. The van der Waals surface area contributed by atoms with Crippen LogP contribution in [0.15, 0.2) is 54.7 Å². The number of fused-ring (bicyclic) bond motifs is 2. The molecule has 1 fully saturated rings. The zero-order valence-electron chi connectivity index (χ0n) is 19.0. The molecule has 1 aliphatic carbocycles. The number of nitrogens with zero attached hydrogens (tertiary/aromatic N) is 3. The quantitative estimate of drug-likeness (QED) is 0.609. The summed E-state index contributed by atoms with van der Waals surface area (Å²) in [5.74, 6) is 0.0172. The molecule has 1 amide bonds. The second-order valence-corrected chi connectivity index (χ2v) is 9.54. The van der Waals surface area contributed by atoms with Crippen LogP contribution in [0.2, 0.25) is 0 Å². The van der Waals surface area contributed by atoms with E-state index in [1.807, 2.05) is 42.5 Å². The largest absolute Gasteiger partial charge is 0.347 e. The second kappa shape index (κ2) is 9.33. The molecule has 2 aromatic carbocycles. The van der Waals surface area contributed by atoms with Crippen LogP contribution in [0.25, 0.3) is 10.9 Å². The zero-order chi connectivity index (χ0) is 22.7. The minimum absolute atomic E-state index is 0.0172. The van der Waals surface area contributed by atoms with Crippen molar-refractivity contribution in [2.24, 2.45) is 0 Å². The third-order valence-corrected chi connectivity index (χ3v) is 7.41. The average molecular weight is 439 g/mol. The molecule has 2 aliphatic rings. The van der Waals surface area contributed by atoms with Crippen molar-refractivity contribution in [3.05, 3.63) is 77.0 Å². The highest BCUT2D eigenvalue weighted by Crippen LogP contribution is 2.33. The van der Waals surface area contributed by atoms with E-state index in [1.165, 1.54) is 17.5 Å². The molecule has 0 unspecified atom stereocenters. The second-order valence-electron chi connectivity index (χ2n) is 9.54. The summed E-state index contributed by atoms with van der Waals surface area (Å²) in [5.41, 5.74) is 4.79. The molecule has 33 heavy (non-hydrogen) atoms. The van der Waals surface area contributed by atoms with Crippen LogP contribution in [0.4, 0.5) is 0 Å². The maximum atomic E-state index is 13.4. The Kier molecular flexibility index (Phi) is 6.11. The third-order valence-electron chi connectivity index (χ3n) is 7.41. The Hall–Kier alpha value is -3.23. The van der Waals surface area contributed by atoms with Crippen molar-refractivity contribution in [1.29, 1.82) is 5.26 Å². The number of amides is 1. The number of nitrogens with one attached hydrogen (secondary N) is 1. The highest BCUT2D eigenvalue weighted by Gasteiger charge is 2.34. The highest BCUT2D eigenvalue weighted by molar-refractivity contribution is 6.06. The van der Waals surface area contributed by atoms with Crippen LogP contribution in [-0.2, 0) is 13.0 Å². The van der Waals surface area contributed by atoms with E-state index < -0.39 is 0 Å². The van der Waals surface area contributed by atoms with Gasteiger partial charge in [-0.25, -0.2) is 0 Å². The van der Waals surface area contributed by atoms with Crippen LogP contribution in [-0.4, -0.2) is 34.4 Å². The van der Waals surface area contributed by atoms with Gasteiger partial charge in [-0.1, -0.05) is 37.5 Å². The van der Waals surface area contributed by atoms with E-state index in [0.717, 1.165) is 74.6 Å². The Balaban J connectivity index is 1.30. The number of hydrogen-bond acceptors (Lipinski definition) is 4. The first-order chi connectivity index (χ1) is 16.2. The summed E-state index contributed by atoms with van der Waals surface area (Å²) in [6.07, 6.45) is 9.36.